The largest absolute Gasteiger partial charge is 0.476 e. The number of aromatic amines is 2. The summed E-state index contributed by atoms with van der Waals surface area (Å²) in [5, 5.41) is 29.8. The first kappa shape index (κ1) is 38.3. The van der Waals surface area contributed by atoms with Crippen LogP contribution in [-0.2, 0) is 0 Å². The molecule has 0 saturated heterocycles. The number of amides is 3. The SMILES string of the molecule is C.CN(C)C(=O)c1[nH]nc(NC(=O)c2ccccc2Cl)c1Br.CNC.O=C(Nc1n[nH]c(C(=O)O)c1Br)c1ccccc1Cl. The fourth-order valence-electron chi connectivity index (χ4n) is 2.97. The summed E-state index contributed by atoms with van der Waals surface area (Å²) < 4.78 is 0.557. The molecule has 13 nitrogen and oxygen atoms in total. The van der Waals surface area contributed by atoms with Crippen LogP contribution < -0.4 is 16.0 Å². The minimum absolute atomic E-state index is 0. The average molecular weight is 777 g/mol. The third kappa shape index (κ3) is 10.2. The Labute approximate surface area is 280 Å². The Hall–Kier alpha value is -3.76. The summed E-state index contributed by atoms with van der Waals surface area (Å²) in [6, 6.07) is 13.2. The number of nitrogens with zero attached hydrogens (tertiary/aromatic N) is 3. The number of nitrogens with one attached hydrogen (secondary N) is 5. The van der Waals surface area contributed by atoms with Gasteiger partial charge in [0.05, 0.1) is 30.1 Å². The molecule has 0 atom stereocenters. The van der Waals surface area contributed by atoms with Gasteiger partial charge >= 0.3 is 5.97 Å². The van der Waals surface area contributed by atoms with Crippen LogP contribution in [0.2, 0.25) is 10.0 Å². The predicted molar refractivity (Wildman–Crippen MR) is 178 cm³/mol. The van der Waals surface area contributed by atoms with Gasteiger partial charge in [0.2, 0.25) is 0 Å². The first-order chi connectivity index (χ1) is 20.3. The summed E-state index contributed by atoms with van der Waals surface area (Å²) in [5.41, 5.74) is 0.717. The summed E-state index contributed by atoms with van der Waals surface area (Å²) in [6.07, 6.45) is 0. The van der Waals surface area contributed by atoms with Crippen LogP contribution in [0.5, 0.6) is 0 Å². The highest BCUT2D eigenvalue weighted by molar-refractivity contribution is 9.11. The van der Waals surface area contributed by atoms with E-state index in [0.717, 1.165) is 0 Å². The van der Waals surface area contributed by atoms with Gasteiger partial charge in [-0.05, 0) is 70.2 Å². The fourth-order valence-corrected chi connectivity index (χ4v) is 4.31. The summed E-state index contributed by atoms with van der Waals surface area (Å²) >= 11 is 18.1. The standard InChI is InChI=1S/C13H12BrClN4O2.C11H7BrClN3O3.C2H7N.CH4/c1-19(2)13(21)10-9(14)11(18-17-10)16-12(20)7-5-3-4-6-8(7)15;12-7-8(11(18)19)15-16-9(7)14-10(17)5-3-1-2-4-6(5)13;1-3-2;/h3-6H,1-2H3,(H2,16,17,18,20);1-4H,(H,18,19)(H2,14,15,16,17);3H,1-2H3;1H4. The summed E-state index contributed by atoms with van der Waals surface area (Å²) in [5.74, 6) is -2.01. The van der Waals surface area contributed by atoms with E-state index in [9.17, 15) is 19.2 Å². The van der Waals surface area contributed by atoms with Gasteiger partial charge < -0.3 is 26.0 Å². The molecule has 4 aromatic rings. The number of H-pyrrole nitrogens is 2. The lowest BCUT2D eigenvalue weighted by molar-refractivity contribution is 0.0688. The second kappa shape index (κ2) is 18.1. The number of carboxylic acids is 1. The van der Waals surface area contributed by atoms with Crippen molar-refractivity contribution in [3.63, 3.8) is 0 Å². The maximum absolute atomic E-state index is 12.1. The van der Waals surface area contributed by atoms with Gasteiger partial charge in [0, 0.05) is 14.1 Å². The number of carbonyl (C=O) groups is 4. The third-order valence-electron chi connectivity index (χ3n) is 4.95. The topological polar surface area (TPSA) is 185 Å². The van der Waals surface area contributed by atoms with Crippen molar-refractivity contribution >= 4 is 90.4 Å². The Morgan fingerprint density at radius 3 is 1.48 bits per heavy atom. The van der Waals surface area contributed by atoms with Crippen molar-refractivity contribution < 1.29 is 24.3 Å². The number of hydrogen-bond acceptors (Lipinski definition) is 7. The maximum atomic E-state index is 12.1. The van der Waals surface area contributed by atoms with Gasteiger partial charge in [-0.2, -0.15) is 10.2 Å². The van der Waals surface area contributed by atoms with Gasteiger partial charge in [0.15, 0.2) is 17.3 Å². The second-order valence-electron chi connectivity index (χ2n) is 8.40. The van der Waals surface area contributed by atoms with E-state index in [1.54, 1.807) is 62.6 Å². The molecule has 0 spiro atoms. The number of aromatic carboxylic acids is 1. The Morgan fingerprint density at radius 1 is 0.773 bits per heavy atom. The molecule has 0 aliphatic carbocycles. The van der Waals surface area contributed by atoms with E-state index >= 15 is 0 Å². The molecule has 236 valence electrons. The Bertz CT molecular complexity index is 1610. The Kier molecular flexibility index (Phi) is 15.8. The van der Waals surface area contributed by atoms with Crippen molar-refractivity contribution in [1.29, 1.82) is 0 Å². The molecule has 3 amide bonds. The van der Waals surface area contributed by atoms with Crippen LogP contribution in [0.25, 0.3) is 0 Å². The lowest BCUT2D eigenvalue weighted by atomic mass is 10.2. The highest BCUT2D eigenvalue weighted by Crippen LogP contribution is 2.26. The van der Waals surface area contributed by atoms with Gasteiger partial charge in [0.1, 0.15) is 5.69 Å². The van der Waals surface area contributed by atoms with E-state index < -0.39 is 17.8 Å². The van der Waals surface area contributed by atoms with Gasteiger partial charge in [-0.25, -0.2) is 4.79 Å². The van der Waals surface area contributed by atoms with Crippen LogP contribution in [0.4, 0.5) is 11.6 Å². The second-order valence-corrected chi connectivity index (χ2v) is 10.8. The smallest absolute Gasteiger partial charge is 0.355 e. The van der Waals surface area contributed by atoms with Crippen molar-refractivity contribution in [2.75, 3.05) is 38.8 Å². The van der Waals surface area contributed by atoms with E-state index in [1.165, 1.54) is 4.90 Å². The van der Waals surface area contributed by atoms with Crippen molar-refractivity contribution in [2.24, 2.45) is 0 Å². The number of aromatic nitrogens is 4. The van der Waals surface area contributed by atoms with E-state index in [-0.39, 0.29) is 46.4 Å². The molecule has 0 bridgehead atoms. The van der Waals surface area contributed by atoms with Gasteiger partial charge in [-0.1, -0.05) is 54.9 Å². The van der Waals surface area contributed by atoms with Crippen LogP contribution >= 0.6 is 55.1 Å². The van der Waals surface area contributed by atoms with E-state index in [4.69, 9.17) is 28.3 Å². The minimum Gasteiger partial charge on any atom is -0.476 e. The molecule has 0 fully saturated rings. The maximum Gasteiger partial charge on any atom is 0.355 e. The van der Waals surface area contributed by atoms with Crippen molar-refractivity contribution in [2.45, 2.75) is 7.43 Å². The first-order valence-corrected chi connectivity index (χ1v) is 14.3. The molecular weight excluding hydrogens is 747 g/mol. The van der Waals surface area contributed by atoms with E-state index in [0.29, 0.717) is 20.1 Å². The molecule has 2 aromatic heterocycles. The number of halogens is 4. The number of carbonyl (C=O) groups excluding carboxylic acids is 3. The zero-order chi connectivity index (χ0) is 32.3. The molecule has 2 heterocycles. The summed E-state index contributed by atoms with van der Waals surface area (Å²) in [7, 11) is 7.00. The van der Waals surface area contributed by atoms with Crippen molar-refractivity contribution in [3.8, 4) is 0 Å². The summed E-state index contributed by atoms with van der Waals surface area (Å²) in [4.78, 5) is 48.2. The van der Waals surface area contributed by atoms with Crippen LogP contribution in [0.3, 0.4) is 0 Å². The quantitative estimate of drug-likeness (QED) is 0.137. The molecular formula is C27H30Br2Cl2N8O5. The average Bonchev–Trinajstić information content (AvgIpc) is 3.51. The zero-order valence-corrected chi connectivity index (χ0v) is 27.7. The first-order valence-electron chi connectivity index (χ1n) is 12.0. The van der Waals surface area contributed by atoms with Crippen LogP contribution in [-0.4, -0.2) is 82.3 Å². The molecule has 0 aliphatic heterocycles. The van der Waals surface area contributed by atoms with Gasteiger partial charge in [-0.3, -0.25) is 24.6 Å². The Balaban J connectivity index is 0.000000397. The highest BCUT2D eigenvalue weighted by Gasteiger charge is 2.21. The van der Waals surface area contributed by atoms with Crippen molar-refractivity contribution in [1.82, 2.24) is 30.6 Å². The molecule has 4 rings (SSSR count). The number of carboxylic acid groups (broad SMARTS) is 1. The van der Waals surface area contributed by atoms with Crippen LogP contribution in [0.1, 0.15) is 49.1 Å². The number of anilines is 2. The van der Waals surface area contributed by atoms with Crippen LogP contribution in [0.15, 0.2) is 57.5 Å². The molecule has 6 N–H and O–H groups in total. The molecule has 0 unspecified atom stereocenters. The van der Waals surface area contributed by atoms with E-state index in [1.807, 2.05) is 14.1 Å². The molecule has 0 radical (unpaired) electrons. The lowest BCUT2D eigenvalue weighted by Gasteiger charge is -2.08. The van der Waals surface area contributed by atoms with Gasteiger partial charge in [0.25, 0.3) is 17.7 Å². The van der Waals surface area contributed by atoms with Gasteiger partial charge in [-0.15, -0.1) is 0 Å². The Morgan fingerprint density at radius 2 is 1.14 bits per heavy atom. The summed E-state index contributed by atoms with van der Waals surface area (Å²) in [6.45, 7) is 0. The molecule has 0 saturated carbocycles. The van der Waals surface area contributed by atoms with Crippen molar-refractivity contribution in [3.05, 3.63) is 90.0 Å². The molecule has 0 aliphatic rings. The highest BCUT2D eigenvalue weighted by atomic mass is 79.9. The molecule has 2 aromatic carbocycles. The number of benzene rings is 2. The molecule has 44 heavy (non-hydrogen) atoms. The zero-order valence-electron chi connectivity index (χ0n) is 23.1. The van der Waals surface area contributed by atoms with E-state index in [2.05, 4.69) is 68.2 Å². The van der Waals surface area contributed by atoms with Crippen LogP contribution in [0, 0.1) is 0 Å². The minimum atomic E-state index is -1.18. The lowest BCUT2D eigenvalue weighted by Crippen LogP contribution is -2.22. The predicted octanol–water partition coefficient (Wildman–Crippen LogP) is 6.03. The number of rotatable bonds is 6. The third-order valence-corrected chi connectivity index (χ3v) is 7.15. The normalized spacial score (nSPS) is 9.73. The monoisotopic (exact) mass is 774 g/mol. The molecule has 17 heteroatoms. The fraction of sp³-hybridized carbons (Fsp3) is 0.185. The number of hydrogen-bond donors (Lipinski definition) is 6.